The fourth-order valence-corrected chi connectivity index (χ4v) is 1.10. The molecule has 0 spiro atoms. The number of hydrogen-bond donors (Lipinski definition) is 0. The number of nitrogens with zero attached hydrogens (tertiary/aromatic N) is 1. The first-order chi connectivity index (χ1) is 7.10. The average Bonchev–Trinajstić information content (AvgIpc) is 2.19. The van der Waals surface area contributed by atoms with E-state index in [4.69, 9.17) is 0 Å². The van der Waals surface area contributed by atoms with Crippen molar-refractivity contribution in [1.82, 2.24) is 0 Å². The third-order valence-corrected chi connectivity index (χ3v) is 1.79. The third kappa shape index (κ3) is 2.94. The second-order valence-electron chi connectivity index (χ2n) is 2.89. The van der Waals surface area contributed by atoms with Crippen LogP contribution in [0.15, 0.2) is 29.3 Å². The van der Waals surface area contributed by atoms with Crippen LogP contribution in [0.4, 0.5) is 14.5 Å². The fraction of sp³-hybridized carbons (Fsp3) is 0.300. The van der Waals surface area contributed by atoms with Crippen LogP contribution in [-0.2, 0) is 15.5 Å². The minimum Gasteiger partial charge on any atom is -0.378 e. The maximum absolute atomic E-state index is 13.2. The molecule has 0 aromatic heterocycles. The Morgan fingerprint density at radius 1 is 1.40 bits per heavy atom. The monoisotopic (exact) mass is 213 g/mol. The van der Waals surface area contributed by atoms with Gasteiger partial charge in [0.1, 0.15) is 6.61 Å². The zero-order chi connectivity index (χ0) is 11.3. The molecule has 0 aliphatic rings. The molecule has 0 heterocycles. The van der Waals surface area contributed by atoms with E-state index < -0.39 is 12.5 Å². The van der Waals surface area contributed by atoms with Crippen molar-refractivity contribution in [3.8, 4) is 0 Å². The van der Waals surface area contributed by atoms with Crippen LogP contribution in [0.5, 0.6) is 0 Å². The quantitative estimate of drug-likeness (QED) is 0.569. The SMILES string of the molecule is COCC(F)(F)c1ccc(N=C=O)cc1. The summed E-state index contributed by atoms with van der Waals surface area (Å²) < 4.78 is 30.9. The summed E-state index contributed by atoms with van der Waals surface area (Å²) in [5.41, 5.74) is 0.121. The van der Waals surface area contributed by atoms with Crippen LogP contribution in [0.3, 0.4) is 0 Å². The Kier molecular flexibility index (Phi) is 3.66. The number of alkyl halides is 2. The van der Waals surface area contributed by atoms with Crippen LogP contribution in [-0.4, -0.2) is 19.8 Å². The lowest BCUT2D eigenvalue weighted by atomic mass is 10.1. The van der Waals surface area contributed by atoms with Crippen molar-refractivity contribution in [3.63, 3.8) is 0 Å². The van der Waals surface area contributed by atoms with Gasteiger partial charge in [-0.2, -0.15) is 13.8 Å². The van der Waals surface area contributed by atoms with E-state index in [2.05, 4.69) is 9.73 Å². The molecule has 80 valence electrons. The van der Waals surface area contributed by atoms with Gasteiger partial charge in [0.25, 0.3) is 5.92 Å². The Labute approximate surface area is 85.4 Å². The molecule has 0 saturated heterocycles. The van der Waals surface area contributed by atoms with E-state index in [1.165, 1.54) is 37.5 Å². The molecule has 0 amide bonds. The van der Waals surface area contributed by atoms with Gasteiger partial charge in [-0.15, -0.1) is 0 Å². The minimum atomic E-state index is -3.03. The molecule has 3 nitrogen and oxygen atoms in total. The van der Waals surface area contributed by atoms with Crippen LogP contribution in [0.2, 0.25) is 0 Å². The van der Waals surface area contributed by atoms with Crippen LogP contribution < -0.4 is 0 Å². The van der Waals surface area contributed by atoms with Gasteiger partial charge in [-0.3, -0.25) is 0 Å². The van der Waals surface area contributed by atoms with E-state index in [1.54, 1.807) is 0 Å². The average molecular weight is 213 g/mol. The van der Waals surface area contributed by atoms with Gasteiger partial charge in [-0.05, 0) is 12.1 Å². The van der Waals surface area contributed by atoms with E-state index in [0.717, 1.165) is 0 Å². The van der Waals surface area contributed by atoms with Gasteiger partial charge in [0.2, 0.25) is 6.08 Å². The lowest BCUT2D eigenvalue weighted by Crippen LogP contribution is -2.19. The molecular formula is C10H9F2NO2. The van der Waals surface area contributed by atoms with Gasteiger partial charge >= 0.3 is 0 Å². The Hall–Kier alpha value is -1.58. The van der Waals surface area contributed by atoms with Crippen molar-refractivity contribution in [2.45, 2.75) is 5.92 Å². The van der Waals surface area contributed by atoms with Crippen molar-refractivity contribution in [1.29, 1.82) is 0 Å². The topological polar surface area (TPSA) is 38.7 Å². The smallest absolute Gasteiger partial charge is 0.296 e. The fourth-order valence-electron chi connectivity index (χ4n) is 1.10. The highest BCUT2D eigenvalue weighted by molar-refractivity contribution is 5.49. The molecule has 0 fully saturated rings. The van der Waals surface area contributed by atoms with Crippen LogP contribution >= 0.6 is 0 Å². The van der Waals surface area contributed by atoms with Crippen molar-refractivity contribution in [2.75, 3.05) is 13.7 Å². The van der Waals surface area contributed by atoms with Gasteiger partial charge in [0.15, 0.2) is 0 Å². The Bertz CT molecular complexity index is 370. The first kappa shape index (κ1) is 11.5. The Morgan fingerprint density at radius 2 is 2.00 bits per heavy atom. The first-order valence-corrected chi connectivity index (χ1v) is 4.15. The molecule has 0 radical (unpaired) electrons. The molecule has 0 N–H and O–H groups in total. The summed E-state index contributed by atoms with van der Waals surface area (Å²) in [5.74, 6) is -3.03. The summed E-state index contributed by atoms with van der Waals surface area (Å²) in [5, 5.41) is 0. The van der Waals surface area contributed by atoms with E-state index in [9.17, 15) is 13.6 Å². The summed E-state index contributed by atoms with van der Waals surface area (Å²) in [6.07, 6.45) is 1.33. The molecule has 0 bridgehead atoms. The number of rotatable bonds is 4. The van der Waals surface area contributed by atoms with Gasteiger partial charge in [-0.1, -0.05) is 12.1 Å². The molecule has 0 saturated carbocycles. The molecule has 0 aliphatic carbocycles. The summed E-state index contributed by atoms with van der Waals surface area (Å²) >= 11 is 0. The number of methoxy groups -OCH3 is 1. The first-order valence-electron chi connectivity index (χ1n) is 4.15. The third-order valence-electron chi connectivity index (χ3n) is 1.79. The number of aliphatic imine (C=N–C) groups is 1. The van der Waals surface area contributed by atoms with E-state index >= 15 is 0 Å². The van der Waals surface area contributed by atoms with Crippen molar-refractivity contribution in [2.24, 2.45) is 4.99 Å². The predicted octanol–water partition coefficient (Wildman–Crippen LogP) is 2.39. The van der Waals surface area contributed by atoms with Gasteiger partial charge < -0.3 is 4.74 Å². The second kappa shape index (κ2) is 4.77. The van der Waals surface area contributed by atoms with E-state index in [0.29, 0.717) is 5.69 Å². The van der Waals surface area contributed by atoms with Gasteiger partial charge in [0.05, 0.1) is 5.69 Å². The van der Waals surface area contributed by atoms with E-state index in [1.807, 2.05) is 0 Å². The summed E-state index contributed by atoms with van der Waals surface area (Å²) in [6.45, 7) is -0.677. The standard InChI is InChI=1S/C10H9F2NO2/c1-15-6-10(11,12)8-2-4-9(5-3-8)13-7-14/h2-5H,6H2,1H3. The summed E-state index contributed by atoms with van der Waals surface area (Å²) in [4.78, 5) is 13.2. The Morgan fingerprint density at radius 3 is 2.47 bits per heavy atom. The minimum absolute atomic E-state index is 0.172. The molecule has 1 rings (SSSR count). The van der Waals surface area contributed by atoms with Crippen LogP contribution in [0, 0.1) is 0 Å². The molecule has 1 aromatic rings. The lowest BCUT2D eigenvalue weighted by Gasteiger charge is -2.15. The molecular weight excluding hydrogens is 204 g/mol. The summed E-state index contributed by atoms with van der Waals surface area (Å²) in [7, 11) is 1.21. The van der Waals surface area contributed by atoms with Crippen LogP contribution in [0.25, 0.3) is 0 Å². The largest absolute Gasteiger partial charge is 0.378 e. The van der Waals surface area contributed by atoms with Crippen molar-refractivity contribution < 1.29 is 18.3 Å². The second-order valence-corrected chi connectivity index (χ2v) is 2.89. The number of halogens is 2. The molecule has 0 unspecified atom stereocenters. The number of benzene rings is 1. The molecule has 5 heteroatoms. The predicted molar refractivity (Wildman–Crippen MR) is 50.0 cm³/mol. The maximum Gasteiger partial charge on any atom is 0.296 e. The van der Waals surface area contributed by atoms with Crippen molar-refractivity contribution >= 4 is 11.8 Å². The number of hydrogen-bond acceptors (Lipinski definition) is 3. The normalized spacial score (nSPS) is 10.9. The number of carbonyl (C=O) groups excluding carboxylic acids is 1. The maximum atomic E-state index is 13.2. The molecule has 0 aliphatic heterocycles. The Balaban J connectivity index is 2.92. The highest BCUT2D eigenvalue weighted by Crippen LogP contribution is 2.29. The zero-order valence-corrected chi connectivity index (χ0v) is 8.04. The summed E-state index contributed by atoms with van der Waals surface area (Å²) in [6, 6.07) is 5.05. The van der Waals surface area contributed by atoms with Crippen molar-refractivity contribution in [3.05, 3.63) is 29.8 Å². The number of isocyanates is 1. The molecule has 1 aromatic carbocycles. The number of ether oxygens (including phenoxy) is 1. The highest BCUT2D eigenvalue weighted by atomic mass is 19.3. The van der Waals surface area contributed by atoms with Gasteiger partial charge in [-0.25, -0.2) is 4.79 Å². The highest BCUT2D eigenvalue weighted by Gasteiger charge is 2.31. The molecule has 0 atom stereocenters. The van der Waals surface area contributed by atoms with Gasteiger partial charge in [0, 0.05) is 12.7 Å². The zero-order valence-electron chi connectivity index (χ0n) is 8.04. The van der Waals surface area contributed by atoms with E-state index in [-0.39, 0.29) is 5.56 Å². The van der Waals surface area contributed by atoms with Crippen LogP contribution in [0.1, 0.15) is 5.56 Å². The molecule has 15 heavy (non-hydrogen) atoms. The lowest BCUT2D eigenvalue weighted by molar-refractivity contribution is -0.0697.